The van der Waals surface area contributed by atoms with Crippen molar-refractivity contribution in [2.45, 2.75) is 31.5 Å². The topological polar surface area (TPSA) is 70.4 Å². The molecule has 0 aromatic heterocycles. The molecule has 1 aromatic carbocycles. The molecule has 1 saturated heterocycles. The predicted octanol–water partition coefficient (Wildman–Crippen LogP) is 1.81. The lowest BCUT2D eigenvalue weighted by Crippen LogP contribution is -2.39. The van der Waals surface area contributed by atoms with Crippen LogP contribution in [0.3, 0.4) is 0 Å². The molecule has 0 bridgehead atoms. The Bertz CT molecular complexity index is 510. The average Bonchev–Trinajstić information content (AvgIpc) is 2.95. The third-order valence-electron chi connectivity index (χ3n) is 3.49. The largest absolute Gasteiger partial charge is 0.444 e. The zero-order valence-electron chi connectivity index (χ0n) is 11.1. The first kappa shape index (κ1) is 14.2. The van der Waals surface area contributed by atoms with Crippen molar-refractivity contribution >= 4 is 12.3 Å². The lowest BCUT2D eigenvalue weighted by atomic mass is 10.1. The third-order valence-corrected chi connectivity index (χ3v) is 3.49. The maximum Gasteiger partial charge on any atom is 0.294 e. The number of carbonyl (C=O) groups excluding carboxylic acids is 2. The van der Waals surface area contributed by atoms with Gasteiger partial charge >= 0.3 is 0 Å². The fraction of sp³-hybridized carbons (Fsp3) is 0.400. The standard InChI is InChI=1S/C15H16N2O3/c16-9-8-14(19)13-7-4-10-17(13)15(20-11-18)12-5-2-1-3-6-12/h1-3,5-6,11,13,15H,4,7-8,10H2. The van der Waals surface area contributed by atoms with E-state index in [1.54, 1.807) is 0 Å². The number of carbonyl (C=O) groups is 2. The molecule has 0 saturated carbocycles. The molecular formula is C15H16N2O3. The van der Waals surface area contributed by atoms with Crippen LogP contribution in [0.1, 0.15) is 31.1 Å². The lowest BCUT2D eigenvalue weighted by molar-refractivity contribution is -0.148. The summed E-state index contributed by atoms with van der Waals surface area (Å²) >= 11 is 0. The molecule has 104 valence electrons. The van der Waals surface area contributed by atoms with Gasteiger partial charge in [-0.25, -0.2) is 0 Å². The van der Waals surface area contributed by atoms with Crippen molar-refractivity contribution in [3.8, 4) is 6.07 Å². The van der Waals surface area contributed by atoms with Crippen molar-refractivity contribution in [1.29, 1.82) is 5.26 Å². The van der Waals surface area contributed by atoms with Crippen LogP contribution in [0.25, 0.3) is 0 Å². The van der Waals surface area contributed by atoms with Crippen LogP contribution in [0.4, 0.5) is 0 Å². The molecule has 0 amide bonds. The van der Waals surface area contributed by atoms with Gasteiger partial charge in [0, 0.05) is 12.1 Å². The van der Waals surface area contributed by atoms with Gasteiger partial charge in [0.05, 0.1) is 18.5 Å². The molecule has 5 heteroatoms. The molecule has 1 fully saturated rings. The molecule has 2 unspecified atom stereocenters. The maximum atomic E-state index is 12.0. The van der Waals surface area contributed by atoms with E-state index in [1.165, 1.54) is 0 Å². The first-order chi connectivity index (χ1) is 9.77. The molecule has 2 atom stereocenters. The van der Waals surface area contributed by atoms with E-state index in [2.05, 4.69) is 0 Å². The van der Waals surface area contributed by atoms with Gasteiger partial charge in [0.25, 0.3) is 6.47 Å². The molecule has 20 heavy (non-hydrogen) atoms. The second-order valence-corrected chi connectivity index (χ2v) is 4.69. The molecule has 5 nitrogen and oxygen atoms in total. The number of rotatable bonds is 6. The van der Waals surface area contributed by atoms with Crippen molar-refractivity contribution in [1.82, 2.24) is 4.90 Å². The molecule has 0 N–H and O–H groups in total. The highest BCUT2D eigenvalue weighted by Gasteiger charge is 2.36. The van der Waals surface area contributed by atoms with Gasteiger partial charge in [0.2, 0.25) is 0 Å². The fourth-order valence-electron chi connectivity index (χ4n) is 2.63. The van der Waals surface area contributed by atoms with Gasteiger partial charge in [-0.1, -0.05) is 30.3 Å². The van der Waals surface area contributed by atoms with E-state index in [0.29, 0.717) is 19.4 Å². The van der Waals surface area contributed by atoms with E-state index < -0.39 is 6.23 Å². The Balaban J connectivity index is 2.22. The fourth-order valence-corrected chi connectivity index (χ4v) is 2.63. The molecule has 1 aliphatic rings. The van der Waals surface area contributed by atoms with Crippen LogP contribution in [0.5, 0.6) is 0 Å². The van der Waals surface area contributed by atoms with Crippen LogP contribution >= 0.6 is 0 Å². The van der Waals surface area contributed by atoms with Crippen LogP contribution in [-0.2, 0) is 14.3 Å². The average molecular weight is 272 g/mol. The normalized spacial score (nSPS) is 20.1. The van der Waals surface area contributed by atoms with Crippen molar-refractivity contribution in [3.63, 3.8) is 0 Å². The summed E-state index contributed by atoms with van der Waals surface area (Å²) in [5.41, 5.74) is 0.830. The van der Waals surface area contributed by atoms with Crippen LogP contribution < -0.4 is 0 Å². The number of likely N-dealkylation sites (tertiary alicyclic amines) is 1. The van der Waals surface area contributed by atoms with E-state index in [1.807, 2.05) is 41.3 Å². The SMILES string of the molecule is N#CCC(=O)C1CCCN1C(OC=O)c1ccccc1. The van der Waals surface area contributed by atoms with E-state index in [4.69, 9.17) is 10.00 Å². The van der Waals surface area contributed by atoms with E-state index in [9.17, 15) is 9.59 Å². The van der Waals surface area contributed by atoms with Gasteiger partial charge in [-0.15, -0.1) is 0 Å². The number of nitriles is 1. The Labute approximate surface area is 117 Å². The number of benzene rings is 1. The van der Waals surface area contributed by atoms with Gasteiger partial charge in [-0.3, -0.25) is 14.5 Å². The summed E-state index contributed by atoms with van der Waals surface area (Å²) in [7, 11) is 0. The number of ether oxygens (including phenoxy) is 1. The maximum absolute atomic E-state index is 12.0. The van der Waals surface area contributed by atoms with Crippen molar-refractivity contribution in [2.75, 3.05) is 6.54 Å². The summed E-state index contributed by atoms with van der Waals surface area (Å²) in [4.78, 5) is 24.6. The third kappa shape index (κ3) is 3.03. The first-order valence-electron chi connectivity index (χ1n) is 6.57. The molecule has 0 radical (unpaired) electrons. The smallest absolute Gasteiger partial charge is 0.294 e. The predicted molar refractivity (Wildman–Crippen MR) is 71.3 cm³/mol. The molecule has 0 spiro atoms. The van der Waals surface area contributed by atoms with Crippen molar-refractivity contribution < 1.29 is 14.3 Å². The molecule has 1 aromatic rings. The van der Waals surface area contributed by atoms with Gasteiger partial charge in [-0.05, 0) is 12.8 Å². The highest BCUT2D eigenvalue weighted by molar-refractivity contribution is 5.86. The van der Waals surface area contributed by atoms with Crippen LogP contribution in [0, 0.1) is 11.3 Å². The zero-order valence-corrected chi connectivity index (χ0v) is 11.1. The van der Waals surface area contributed by atoms with Gasteiger partial charge in [-0.2, -0.15) is 5.26 Å². The summed E-state index contributed by atoms with van der Waals surface area (Å²) in [6.45, 7) is 1.08. The Kier molecular flexibility index (Phi) is 4.85. The molecule has 1 heterocycles. The minimum absolute atomic E-state index is 0.107. The summed E-state index contributed by atoms with van der Waals surface area (Å²) in [6.07, 6.45) is 0.882. The van der Waals surface area contributed by atoms with Gasteiger partial charge in [0.15, 0.2) is 12.0 Å². The highest BCUT2D eigenvalue weighted by Crippen LogP contribution is 2.30. The number of Topliss-reactive ketones (excluding diaryl/α,β-unsaturated/α-hetero) is 1. The number of nitrogens with zero attached hydrogens (tertiary/aromatic N) is 2. The summed E-state index contributed by atoms with van der Waals surface area (Å²) in [5, 5.41) is 8.67. The molecule has 1 aliphatic heterocycles. The zero-order chi connectivity index (χ0) is 14.4. The van der Waals surface area contributed by atoms with Crippen LogP contribution in [0.2, 0.25) is 0 Å². The minimum atomic E-state index is -0.566. The van der Waals surface area contributed by atoms with E-state index in [0.717, 1.165) is 12.0 Å². The van der Waals surface area contributed by atoms with Crippen molar-refractivity contribution in [3.05, 3.63) is 35.9 Å². The second-order valence-electron chi connectivity index (χ2n) is 4.69. The van der Waals surface area contributed by atoms with Gasteiger partial charge in [0.1, 0.15) is 0 Å². The summed E-state index contributed by atoms with van der Waals surface area (Å²) in [5.74, 6) is -0.111. The summed E-state index contributed by atoms with van der Waals surface area (Å²) < 4.78 is 5.18. The van der Waals surface area contributed by atoms with E-state index >= 15 is 0 Å². The molecular weight excluding hydrogens is 256 g/mol. The Morgan fingerprint density at radius 3 is 2.90 bits per heavy atom. The van der Waals surface area contributed by atoms with Crippen molar-refractivity contribution in [2.24, 2.45) is 0 Å². The lowest BCUT2D eigenvalue weighted by Gasteiger charge is -2.30. The monoisotopic (exact) mass is 272 g/mol. The van der Waals surface area contributed by atoms with E-state index in [-0.39, 0.29) is 18.2 Å². The number of hydrogen-bond donors (Lipinski definition) is 0. The Hall–Kier alpha value is -2.19. The second kappa shape index (κ2) is 6.83. The van der Waals surface area contributed by atoms with Crippen LogP contribution in [0.15, 0.2) is 30.3 Å². The molecule has 2 rings (SSSR count). The minimum Gasteiger partial charge on any atom is -0.444 e. The highest BCUT2D eigenvalue weighted by atomic mass is 16.5. The summed E-state index contributed by atoms with van der Waals surface area (Å²) in [6, 6.07) is 10.9. The first-order valence-corrected chi connectivity index (χ1v) is 6.57. The Morgan fingerprint density at radius 2 is 2.25 bits per heavy atom. The number of ketones is 1. The Morgan fingerprint density at radius 1 is 1.50 bits per heavy atom. The molecule has 0 aliphatic carbocycles. The van der Waals surface area contributed by atoms with Gasteiger partial charge < -0.3 is 4.74 Å². The quantitative estimate of drug-likeness (QED) is 0.738. The van der Waals surface area contributed by atoms with Crippen LogP contribution in [-0.4, -0.2) is 29.7 Å². The number of hydrogen-bond acceptors (Lipinski definition) is 5.